The van der Waals surface area contributed by atoms with Gasteiger partial charge in [-0.15, -0.1) is 11.3 Å². The maximum Gasteiger partial charge on any atom is 0.225 e. The van der Waals surface area contributed by atoms with E-state index in [1.54, 1.807) is 11.3 Å². The van der Waals surface area contributed by atoms with Gasteiger partial charge in [-0.3, -0.25) is 9.59 Å². The fraction of sp³-hybridized carbons (Fsp3) is 0.625. The molecule has 0 bridgehead atoms. The Morgan fingerprint density at radius 3 is 2.57 bits per heavy atom. The van der Waals surface area contributed by atoms with Gasteiger partial charge in [0.1, 0.15) is 0 Å². The lowest BCUT2D eigenvalue weighted by Crippen LogP contribution is -2.39. The molecule has 21 heavy (non-hydrogen) atoms. The number of carbonyl (C=O) groups is 2. The van der Waals surface area contributed by atoms with E-state index >= 15 is 0 Å². The Hall–Kier alpha value is -1.36. The van der Waals surface area contributed by atoms with Gasteiger partial charge < -0.3 is 9.80 Å². The highest BCUT2D eigenvalue weighted by molar-refractivity contribution is 7.09. The van der Waals surface area contributed by atoms with Gasteiger partial charge in [-0.2, -0.15) is 0 Å². The first-order valence-electron chi connectivity index (χ1n) is 7.67. The fourth-order valence-electron chi connectivity index (χ4n) is 2.60. The van der Waals surface area contributed by atoms with Crippen molar-refractivity contribution in [1.29, 1.82) is 0 Å². The minimum Gasteiger partial charge on any atom is -0.341 e. The van der Waals surface area contributed by atoms with Crippen LogP contribution < -0.4 is 0 Å². The van der Waals surface area contributed by atoms with Crippen LogP contribution in [0.25, 0.3) is 0 Å². The zero-order valence-corrected chi connectivity index (χ0v) is 13.7. The molecule has 1 aliphatic heterocycles. The van der Waals surface area contributed by atoms with Crippen molar-refractivity contribution in [3.8, 4) is 0 Å². The summed E-state index contributed by atoms with van der Waals surface area (Å²) in [5.41, 5.74) is 0. The van der Waals surface area contributed by atoms with Crippen LogP contribution in [0.15, 0.2) is 17.5 Å². The third kappa shape index (κ3) is 4.56. The largest absolute Gasteiger partial charge is 0.341 e. The summed E-state index contributed by atoms with van der Waals surface area (Å²) in [6.07, 6.45) is 2.27. The zero-order valence-electron chi connectivity index (χ0n) is 12.9. The van der Waals surface area contributed by atoms with Gasteiger partial charge in [0.05, 0.1) is 0 Å². The predicted octanol–water partition coefficient (Wildman–Crippen LogP) is 2.40. The van der Waals surface area contributed by atoms with E-state index in [0.29, 0.717) is 19.5 Å². The summed E-state index contributed by atoms with van der Waals surface area (Å²) in [5.74, 6) is 0.441. The van der Waals surface area contributed by atoms with Gasteiger partial charge in [-0.25, -0.2) is 0 Å². The topological polar surface area (TPSA) is 40.6 Å². The molecular weight excluding hydrogens is 284 g/mol. The van der Waals surface area contributed by atoms with Crippen molar-refractivity contribution >= 4 is 23.2 Å². The third-order valence-electron chi connectivity index (χ3n) is 3.82. The fourth-order valence-corrected chi connectivity index (χ4v) is 3.30. The first-order chi connectivity index (χ1) is 10.1. The van der Waals surface area contributed by atoms with Crippen molar-refractivity contribution in [3.05, 3.63) is 22.4 Å². The van der Waals surface area contributed by atoms with E-state index in [9.17, 15) is 9.59 Å². The minimum absolute atomic E-state index is 0.0334. The Kier molecular flexibility index (Phi) is 5.79. The number of aryl methyl sites for hydroxylation is 1. The molecule has 0 aromatic carbocycles. The second-order valence-electron chi connectivity index (χ2n) is 5.79. The quantitative estimate of drug-likeness (QED) is 0.857. The summed E-state index contributed by atoms with van der Waals surface area (Å²) < 4.78 is 0. The summed E-state index contributed by atoms with van der Waals surface area (Å²) in [4.78, 5) is 29.4. The van der Waals surface area contributed by atoms with E-state index in [0.717, 1.165) is 25.9 Å². The van der Waals surface area contributed by atoms with E-state index in [4.69, 9.17) is 0 Å². The van der Waals surface area contributed by atoms with E-state index in [1.165, 1.54) is 4.88 Å². The zero-order chi connectivity index (χ0) is 15.2. The Bertz CT molecular complexity index is 471. The molecule has 0 unspecified atom stereocenters. The van der Waals surface area contributed by atoms with Gasteiger partial charge in [0.25, 0.3) is 0 Å². The van der Waals surface area contributed by atoms with Crippen LogP contribution in [0.1, 0.15) is 31.6 Å². The van der Waals surface area contributed by atoms with E-state index < -0.39 is 0 Å². The molecule has 0 N–H and O–H groups in total. The predicted molar refractivity (Wildman–Crippen MR) is 85.3 cm³/mol. The highest BCUT2D eigenvalue weighted by Gasteiger charge is 2.23. The maximum atomic E-state index is 12.3. The average molecular weight is 308 g/mol. The van der Waals surface area contributed by atoms with Gasteiger partial charge >= 0.3 is 0 Å². The molecule has 0 spiro atoms. The first-order valence-corrected chi connectivity index (χ1v) is 8.55. The summed E-state index contributed by atoms with van der Waals surface area (Å²) in [5, 5.41) is 2.04. The lowest BCUT2D eigenvalue weighted by molar-refractivity contribution is -0.135. The number of hydrogen-bond donors (Lipinski definition) is 0. The second-order valence-corrected chi connectivity index (χ2v) is 6.83. The van der Waals surface area contributed by atoms with Crippen molar-refractivity contribution in [2.24, 2.45) is 5.92 Å². The molecule has 1 aliphatic rings. The number of rotatable bonds is 4. The Balaban J connectivity index is 1.81. The normalized spacial score (nSPS) is 16.1. The molecule has 0 saturated carbocycles. The molecule has 0 radical (unpaired) electrons. The molecule has 2 rings (SSSR count). The van der Waals surface area contributed by atoms with Crippen LogP contribution >= 0.6 is 11.3 Å². The lowest BCUT2D eigenvalue weighted by Gasteiger charge is -2.23. The molecule has 1 aromatic heterocycles. The van der Waals surface area contributed by atoms with Crippen LogP contribution in [0.5, 0.6) is 0 Å². The molecule has 2 amide bonds. The first kappa shape index (κ1) is 16.0. The standard InChI is InChI=1S/C16H24N2O2S/c1-13(2)16(20)18-9-4-8-17(10-11-18)15(19)7-6-14-5-3-12-21-14/h3,5,12-13H,4,6-11H2,1-2H3. The highest BCUT2D eigenvalue weighted by atomic mass is 32.1. The van der Waals surface area contributed by atoms with Gasteiger partial charge in [-0.1, -0.05) is 19.9 Å². The van der Waals surface area contributed by atoms with Crippen molar-refractivity contribution in [3.63, 3.8) is 0 Å². The van der Waals surface area contributed by atoms with E-state index in [-0.39, 0.29) is 17.7 Å². The third-order valence-corrected chi connectivity index (χ3v) is 4.76. The van der Waals surface area contributed by atoms with Crippen LogP contribution in [0.2, 0.25) is 0 Å². The lowest BCUT2D eigenvalue weighted by atomic mass is 10.2. The monoisotopic (exact) mass is 308 g/mol. The molecule has 116 valence electrons. The summed E-state index contributed by atoms with van der Waals surface area (Å²) in [6, 6.07) is 4.09. The molecular formula is C16H24N2O2S. The number of hydrogen-bond acceptors (Lipinski definition) is 3. The van der Waals surface area contributed by atoms with Gasteiger partial charge in [-0.05, 0) is 24.3 Å². The smallest absolute Gasteiger partial charge is 0.225 e. The molecule has 4 nitrogen and oxygen atoms in total. The van der Waals surface area contributed by atoms with Crippen LogP contribution in [0.3, 0.4) is 0 Å². The number of thiophene rings is 1. The molecule has 2 heterocycles. The molecule has 1 fully saturated rings. The van der Waals surface area contributed by atoms with Crippen molar-refractivity contribution in [2.75, 3.05) is 26.2 Å². The number of carbonyl (C=O) groups excluding carboxylic acids is 2. The molecule has 1 aromatic rings. The van der Waals surface area contributed by atoms with Crippen molar-refractivity contribution < 1.29 is 9.59 Å². The van der Waals surface area contributed by atoms with Crippen LogP contribution in [0, 0.1) is 5.92 Å². The number of amides is 2. The Morgan fingerprint density at radius 2 is 1.90 bits per heavy atom. The second kappa shape index (κ2) is 7.59. The van der Waals surface area contributed by atoms with Gasteiger partial charge in [0, 0.05) is 43.4 Å². The van der Waals surface area contributed by atoms with Gasteiger partial charge in [0.15, 0.2) is 0 Å². The highest BCUT2D eigenvalue weighted by Crippen LogP contribution is 2.13. The summed E-state index contributed by atoms with van der Waals surface area (Å²) >= 11 is 1.70. The van der Waals surface area contributed by atoms with E-state index in [1.807, 2.05) is 35.1 Å². The maximum absolute atomic E-state index is 12.3. The molecule has 0 atom stereocenters. The molecule has 0 aliphatic carbocycles. The SMILES string of the molecule is CC(C)C(=O)N1CCCN(C(=O)CCc2cccs2)CC1. The van der Waals surface area contributed by atoms with Gasteiger partial charge in [0.2, 0.25) is 11.8 Å². The Labute approximate surface area is 130 Å². The van der Waals surface area contributed by atoms with Crippen molar-refractivity contribution in [2.45, 2.75) is 33.1 Å². The molecule has 1 saturated heterocycles. The minimum atomic E-state index is 0.0334. The summed E-state index contributed by atoms with van der Waals surface area (Å²) in [7, 11) is 0. The van der Waals surface area contributed by atoms with Crippen LogP contribution in [-0.2, 0) is 16.0 Å². The molecule has 5 heteroatoms. The number of nitrogens with zero attached hydrogens (tertiary/aromatic N) is 2. The summed E-state index contributed by atoms with van der Waals surface area (Å²) in [6.45, 7) is 6.73. The van der Waals surface area contributed by atoms with Crippen molar-refractivity contribution in [1.82, 2.24) is 9.80 Å². The van der Waals surface area contributed by atoms with Crippen LogP contribution in [-0.4, -0.2) is 47.8 Å². The van der Waals surface area contributed by atoms with E-state index in [2.05, 4.69) is 6.07 Å². The average Bonchev–Trinajstić information content (AvgIpc) is 2.86. The Morgan fingerprint density at radius 1 is 1.19 bits per heavy atom. The van der Waals surface area contributed by atoms with Crippen LogP contribution in [0.4, 0.5) is 0 Å².